The van der Waals surface area contributed by atoms with Crippen LogP contribution < -0.4 is 5.32 Å². The van der Waals surface area contributed by atoms with Crippen LogP contribution in [0, 0.1) is 3.57 Å². The van der Waals surface area contributed by atoms with Gasteiger partial charge in [0.2, 0.25) is 5.91 Å². The number of hydrogen-bond acceptors (Lipinski definition) is 2. The van der Waals surface area contributed by atoms with E-state index in [9.17, 15) is 4.79 Å². The Balaban J connectivity index is 1.69. The van der Waals surface area contributed by atoms with Crippen molar-refractivity contribution in [1.82, 2.24) is 0 Å². The third-order valence-electron chi connectivity index (χ3n) is 3.28. The summed E-state index contributed by atoms with van der Waals surface area (Å²) in [6, 6.07) is 16.3. The predicted molar refractivity (Wildman–Crippen MR) is 111 cm³/mol. The molecule has 1 aromatic heterocycles. The van der Waals surface area contributed by atoms with Gasteiger partial charge in [0, 0.05) is 30.9 Å². The Bertz CT molecular complexity index is 913. The first-order chi connectivity index (χ1) is 12.0. The Labute approximate surface area is 168 Å². The summed E-state index contributed by atoms with van der Waals surface area (Å²) in [5, 5.41) is 3.86. The van der Waals surface area contributed by atoms with Gasteiger partial charge < -0.3 is 9.73 Å². The molecule has 0 unspecified atom stereocenters. The second kappa shape index (κ2) is 8.08. The summed E-state index contributed by atoms with van der Waals surface area (Å²) in [4.78, 5) is 12.0. The lowest BCUT2D eigenvalue weighted by Crippen LogP contribution is -2.07. The number of amides is 1. The van der Waals surface area contributed by atoms with Gasteiger partial charge in [0.1, 0.15) is 11.5 Å². The molecule has 126 valence electrons. The highest BCUT2D eigenvalue weighted by molar-refractivity contribution is 14.1. The predicted octanol–water partition coefficient (Wildman–Crippen LogP) is 6.51. The highest BCUT2D eigenvalue weighted by atomic mass is 127. The smallest absolute Gasteiger partial charge is 0.248 e. The van der Waals surface area contributed by atoms with Gasteiger partial charge in [0.25, 0.3) is 0 Å². The first-order valence-corrected chi connectivity index (χ1v) is 9.14. The standard InChI is InChI=1S/C19H12Cl2INO2/c20-13-9-12(10-14(21)11-13)18-7-5-17(25-18)6-8-19(24)23-16-3-1-15(22)2-4-16/h1-11H,(H,23,24)/b8-6+. The summed E-state index contributed by atoms with van der Waals surface area (Å²) in [6.45, 7) is 0. The summed E-state index contributed by atoms with van der Waals surface area (Å²) < 4.78 is 6.82. The third kappa shape index (κ3) is 5.11. The Hall–Kier alpha value is -1.76. The number of carbonyl (C=O) groups is 1. The van der Waals surface area contributed by atoms with Crippen LogP contribution in [-0.4, -0.2) is 5.91 Å². The lowest BCUT2D eigenvalue weighted by molar-refractivity contribution is -0.111. The fourth-order valence-electron chi connectivity index (χ4n) is 2.17. The van der Waals surface area contributed by atoms with Gasteiger partial charge in [-0.2, -0.15) is 0 Å². The van der Waals surface area contributed by atoms with E-state index in [2.05, 4.69) is 27.9 Å². The molecule has 3 aromatic rings. The van der Waals surface area contributed by atoms with E-state index in [1.807, 2.05) is 24.3 Å². The second-order valence-electron chi connectivity index (χ2n) is 5.19. The van der Waals surface area contributed by atoms with Crippen LogP contribution in [0.25, 0.3) is 17.4 Å². The Morgan fingerprint density at radius 1 is 1.00 bits per heavy atom. The van der Waals surface area contributed by atoms with Crippen molar-refractivity contribution in [2.75, 3.05) is 5.32 Å². The van der Waals surface area contributed by atoms with E-state index in [4.69, 9.17) is 27.6 Å². The molecule has 0 spiro atoms. The highest BCUT2D eigenvalue weighted by Gasteiger charge is 2.06. The Kier molecular flexibility index (Phi) is 5.83. The summed E-state index contributed by atoms with van der Waals surface area (Å²) in [7, 11) is 0. The molecule has 3 nitrogen and oxygen atoms in total. The average molecular weight is 484 g/mol. The summed E-state index contributed by atoms with van der Waals surface area (Å²) in [5.41, 5.74) is 1.52. The van der Waals surface area contributed by atoms with E-state index in [0.29, 0.717) is 21.6 Å². The average Bonchev–Trinajstić information content (AvgIpc) is 3.03. The third-order valence-corrected chi connectivity index (χ3v) is 4.44. The molecule has 3 rings (SSSR count). The number of anilines is 1. The SMILES string of the molecule is O=C(/C=C/c1ccc(-c2cc(Cl)cc(Cl)c2)o1)Nc1ccc(I)cc1. The summed E-state index contributed by atoms with van der Waals surface area (Å²) in [5.74, 6) is 0.955. The van der Waals surface area contributed by atoms with E-state index in [1.165, 1.54) is 6.08 Å². The van der Waals surface area contributed by atoms with Gasteiger partial charge in [0.15, 0.2) is 0 Å². The molecule has 25 heavy (non-hydrogen) atoms. The lowest BCUT2D eigenvalue weighted by atomic mass is 10.2. The summed E-state index contributed by atoms with van der Waals surface area (Å²) >= 11 is 14.2. The number of rotatable bonds is 4. The summed E-state index contributed by atoms with van der Waals surface area (Å²) in [6.07, 6.45) is 3.03. The van der Waals surface area contributed by atoms with Gasteiger partial charge >= 0.3 is 0 Å². The maximum Gasteiger partial charge on any atom is 0.248 e. The fourth-order valence-corrected chi connectivity index (χ4v) is 3.05. The first kappa shape index (κ1) is 18.0. The molecule has 0 radical (unpaired) electrons. The maximum atomic E-state index is 12.0. The Morgan fingerprint density at radius 3 is 2.36 bits per heavy atom. The van der Waals surface area contributed by atoms with Gasteiger partial charge in [-0.05, 0) is 83.3 Å². The van der Waals surface area contributed by atoms with Crippen LogP contribution in [0.2, 0.25) is 10.0 Å². The van der Waals surface area contributed by atoms with Crippen molar-refractivity contribution in [1.29, 1.82) is 0 Å². The van der Waals surface area contributed by atoms with Crippen LogP contribution in [0.4, 0.5) is 5.69 Å². The van der Waals surface area contributed by atoms with Crippen LogP contribution in [-0.2, 0) is 4.79 Å². The minimum absolute atomic E-state index is 0.232. The molecule has 1 amide bonds. The molecule has 6 heteroatoms. The minimum Gasteiger partial charge on any atom is -0.457 e. The molecule has 0 aliphatic carbocycles. The lowest BCUT2D eigenvalue weighted by Gasteiger charge is -2.01. The second-order valence-corrected chi connectivity index (χ2v) is 7.31. The van der Waals surface area contributed by atoms with Gasteiger partial charge in [0.05, 0.1) is 0 Å². The van der Waals surface area contributed by atoms with Crippen LogP contribution in [0.15, 0.2) is 65.1 Å². The first-order valence-electron chi connectivity index (χ1n) is 7.30. The molecule has 0 aliphatic rings. The topological polar surface area (TPSA) is 42.2 Å². The van der Waals surface area contributed by atoms with E-state index in [0.717, 1.165) is 14.8 Å². The number of benzene rings is 2. The molecule has 0 saturated heterocycles. The van der Waals surface area contributed by atoms with Crippen LogP contribution >= 0.6 is 45.8 Å². The molecule has 1 heterocycles. The van der Waals surface area contributed by atoms with Crippen molar-refractivity contribution < 1.29 is 9.21 Å². The largest absolute Gasteiger partial charge is 0.457 e. The number of halogens is 3. The van der Waals surface area contributed by atoms with Gasteiger partial charge in [-0.1, -0.05) is 23.2 Å². The molecular formula is C19H12Cl2INO2. The van der Waals surface area contributed by atoms with E-state index < -0.39 is 0 Å². The van der Waals surface area contributed by atoms with Crippen LogP contribution in [0.3, 0.4) is 0 Å². The van der Waals surface area contributed by atoms with E-state index in [1.54, 1.807) is 36.4 Å². The van der Waals surface area contributed by atoms with Crippen molar-refractivity contribution in [3.63, 3.8) is 0 Å². The molecule has 2 aromatic carbocycles. The molecular weight excluding hydrogens is 472 g/mol. The Morgan fingerprint density at radius 2 is 1.68 bits per heavy atom. The van der Waals surface area contributed by atoms with Crippen LogP contribution in [0.5, 0.6) is 0 Å². The molecule has 0 fully saturated rings. The van der Waals surface area contributed by atoms with Crippen molar-refractivity contribution in [3.8, 4) is 11.3 Å². The number of furan rings is 1. The molecule has 0 aliphatic heterocycles. The van der Waals surface area contributed by atoms with Crippen LogP contribution in [0.1, 0.15) is 5.76 Å². The zero-order chi connectivity index (χ0) is 17.8. The van der Waals surface area contributed by atoms with Crippen molar-refractivity contribution in [3.05, 3.63) is 80.0 Å². The van der Waals surface area contributed by atoms with Gasteiger partial charge in [-0.3, -0.25) is 4.79 Å². The number of nitrogens with one attached hydrogen (secondary N) is 1. The normalized spacial score (nSPS) is 11.0. The zero-order valence-corrected chi connectivity index (χ0v) is 16.5. The van der Waals surface area contributed by atoms with Gasteiger partial charge in [-0.25, -0.2) is 0 Å². The molecule has 0 atom stereocenters. The van der Waals surface area contributed by atoms with Crippen molar-refractivity contribution >= 4 is 63.5 Å². The quantitative estimate of drug-likeness (QED) is 0.339. The fraction of sp³-hybridized carbons (Fsp3) is 0. The monoisotopic (exact) mass is 483 g/mol. The van der Waals surface area contributed by atoms with Crippen molar-refractivity contribution in [2.45, 2.75) is 0 Å². The van der Waals surface area contributed by atoms with E-state index >= 15 is 0 Å². The highest BCUT2D eigenvalue weighted by Crippen LogP contribution is 2.28. The molecule has 0 saturated carbocycles. The number of hydrogen-bond donors (Lipinski definition) is 1. The van der Waals surface area contributed by atoms with Gasteiger partial charge in [-0.15, -0.1) is 0 Å². The zero-order valence-electron chi connectivity index (χ0n) is 12.8. The molecule has 1 N–H and O–H groups in total. The minimum atomic E-state index is -0.232. The maximum absolute atomic E-state index is 12.0. The molecule has 0 bridgehead atoms. The number of carbonyl (C=O) groups excluding carboxylic acids is 1. The van der Waals surface area contributed by atoms with Crippen molar-refractivity contribution in [2.24, 2.45) is 0 Å². The van der Waals surface area contributed by atoms with E-state index in [-0.39, 0.29) is 5.91 Å².